The Kier molecular flexibility index (Phi) is 3.63. The molecule has 1 N–H and O–H groups in total. The fourth-order valence-corrected chi connectivity index (χ4v) is 3.24. The predicted octanol–water partition coefficient (Wildman–Crippen LogP) is 2.19. The first-order chi connectivity index (χ1) is 10.5. The van der Waals surface area contributed by atoms with Gasteiger partial charge in [-0.1, -0.05) is 17.7 Å². The molecular formula is C13H11ClN4O3S. The summed E-state index contributed by atoms with van der Waals surface area (Å²) in [6.45, 7) is 0. The molecular weight excluding hydrogens is 328 g/mol. The van der Waals surface area contributed by atoms with E-state index in [-0.39, 0.29) is 15.9 Å². The lowest BCUT2D eigenvalue weighted by atomic mass is 10.3. The number of fused-ring (bicyclic) bond motifs is 1. The molecule has 0 unspecified atom stereocenters. The second kappa shape index (κ2) is 5.47. The van der Waals surface area contributed by atoms with Crippen LogP contribution >= 0.6 is 11.6 Å². The van der Waals surface area contributed by atoms with E-state index in [0.29, 0.717) is 11.4 Å². The van der Waals surface area contributed by atoms with Crippen LogP contribution in [0, 0.1) is 0 Å². The molecule has 0 radical (unpaired) electrons. The van der Waals surface area contributed by atoms with Crippen molar-refractivity contribution in [3.8, 4) is 5.75 Å². The molecule has 7 nitrogen and oxygen atoms in total. The lowest BCUT2D eigenvalue weighted by Gasteiger charge is -2.08. The van der Waals surface area contributed by atoms with Gasteiger partial charge in [0.25, 0.3) is 10.0 Å². The fourth-order valence-electron chi connectivity index (χ4n) is 1.90. The highest BCUT2D eigenvalue weighted by Crippen LogP contribution is 2.27. The first-order valence-electron chi connectivity index (χ1n) is 6.17. The third kappa shape index (κ3) is 2.58. The number of nitrogens with zero attached hydrogens (tertiary/aromatic N) is 3. The number of hydrogen-bond donors (Lipinski definition) is 1. The summed E-state index contributed by atoms with van der Waals surface area (Å²) < 4.78 is 33.7. The minimum atomic E-state index is -3.84. The summed E-state index contributed by atoms with van der Waals surface area (Å²) in [5.74, 6) is 0.496. The number of anilines is 1. The van der Waals surface area contributed by atoms with E-state index >= 15 is 0 Å². The van der Waals surface area contributed by atoms with Crippen molar-refractivity contribution in [3.05, 3.63) is 47.6 Å². The topological polar surface area (TPSA) is 85.6 Å². The summed E-state index contributed by atoms with van der Waals surface area (Å²) in [4.78, 5) is 0.00554. The van der Waals surface area contributed by atoms with E-state index in [2.05, 4.69) is 14.9 Å². The Hall–Kier alpha value is -2.32. The largest absolute Gasteiger partial charge is 0.495 e. The molecule has 3 aromatic rings. The van der Waals surface area contributed by atoms with E-state index in [1.807, 2.05) is 0 Å². The van der Waals surface area contributed by atoms with Gasteiger partial charge in [0.05, 0.1) is 17.0 Å². The van der Waals surface area contributed by atoms with Gasteiger partial charge >= 0.3 is 0 Å². The number of rotatable bonds is 4. The van der Waals surface area contributed by atoms with Crippen molar-refractivity contribution in [2.45, 2.75) is 4.90 Å². The molecule has 0 aliphatic carbocycles. The fraction of sp³-hybridized carbons (Fsp3) is 0.0769. The molecule has 0 saturated carbocycles. The van der Waals surface area contributed by atoms with Gasteiger partial charge in [0.2, 0.25) is 5.95 Å². The number of sulfonamides is 1. The van der Waals surface area contributed by atoms with Crippen molar-refractivity contribution in [1.82, 2.24) is 14.6 Å². The van der Waals surface area contributed by atoms with Crippen molar-refractivity contribution >= 4 is 33.2 Å². The van der Waals surface area contributed by atoms with Gasteiger partial charge in [-0.05, 0) is 30.3 Å². The Morgan fingerprint density at radius 1 is 1.23 bits per heavy atom. The van der Waals surface area contributed by atoms with Gasteiger partial charge in [0.1, 0.15) is 5.75 Å². The second-order valence-corrected chi connectivity index (χ2v) is 6.44. The molecule has 1 aromatic carbocycles. The number of methoxy groups -OCH3 is 1. The molecule has 2 heterocycles. The van der Waals surface area contributed by atoms with E-state index in [9.17, 15) is 8.42 Å². The summed E-state index contributed by atoms with van der Waals surface area (Å²) in [5, 5.41) is 7.91. The Morgan fingerprint density at radius 2 is 2.05 bits per heavy atom. The average Bonchev–Trinajstić information content (AvgIpc) is 2.90. The molecule has 0 saturated heterocycles. The first kappa shape index (κ1) is 14.6. The van der Waals surface area contributed by atoms with Crippen LogP contribution in [0.5, 0.6) is 5.75 Å². The number of nitrogens with one attached hydrogen (secondary N) is 1. The highest BCUT2D eigenvalue weighted by molar-refractivity contribution is 7.92. The maximum atomic E-state index is 12.4. The van der Waals surface area contributed by atoms with Crippen LogP contribution in [0.2, 0.25) is 5.02 Å². The van der Waals surface area contributed by atoms with Crippen LogP contribution in [0.15, 0.2) is 47.5 Å². The molecule has 3 rings (SSSR count). The molecule has 0 bridgehead atoms. The summed E-state index contributed by atoms with van der Waals surface area (Å²) >= 11 is 5.96. The van der Waals surface area contributed by atoms with Gasteiger partial charge < -0.3 is 4.74 Å². The molecule has 0 spiro atoms. The van der Waals surface area contributed by atoms with Gasteiger partial charge in [0, 0.05) is 6.20 Å². The van der Waals surface area contributed by atoms with Crippen LogP contribution in [0.25, 0.3) is 5.65 Å². The third-order valence-corrected chi connectivity index (χ3v) is 4.59. The van der Waals surface area contributed by atoms with Gasteiger partial charge in [-0.15, -0.1) is 10.2 Å². The SMILES string of the molecule is COc1ccc(S(=O)(=O)Nc2nnc3ccccn23)cc1Cl. The minimum Gasteiger partial charge on any atom is -0.495 e. The molecule has 0 aliphatic heterocycles. The van der Waals surface area contributed by atoms with E-state index in [0.717, 1.165) is 0 Å². The number of pyridine rings is 1. The van der Waals surface area contributed by atoms with Crippen LogP contribution < -0.4 is 9.46 Å². The number of hydrogen-bond acceptors (Lipinski definition) is 5. The lowest BCUT2D eigenvalue weighted by Crippen LogP contribution is -2.15. The number of benzene rings is 1. The zero-order chi connectivity index (χ0) is 15.7. The van der Waals surface area contributed by atoms with Crippen molar-refractivity contribution in [2.24, 2.45) is 0 Å². The predicted molar refractivity (Wildman–Crippen MR) is 81.8 cm³/mol. The van der Waals surface area contributed by atoms with Crippen LogP contribution in [-0.4, -0.2) is 30.1 Å². The Labute approximate surface area is 131 Å². The molecule has 0 fully saturated rings. The standard InChI is InChI=1S/C13H11ClN4O3S/c1-21-11-6-5-9(8-10(11)14)22(19,20)17-13-16-15-12-4-2-3-7-18(12)13/h2-8H,1H3,(H,16,17). The monoisotopic (exact) mass is 338 g/mol. The normalized spacial score (nSPS) is 11.5. The maximum absolute atomic E-state index is 12.4. The Balaban J connectivity index is 1.98. The molecule has 22 heavy (non-hydrogen) atoms. The van der Waals surface area contributed by atoms with Gasteiger partial charge in [-0.25, -0.2) is 13.1 Å². The summed E-state index contributed by atoms with van der Waals surface area (Å²) in [6.07, 6.45) is 1.66. The van der Waals surface area contributed by atoms with Crippen molar-refractivity contribution in [3.63, 3.8) is 0 Å². The zero-order valence-electron chi connectivity index (χ0n) is 11.4. The smallest absolute Gasteiger partial charge is 0.264 e. The highest BCUT2D eigenvalue weighted by Gasteiger charge is 2.19. The summed E-state index contributed by atoms with van der Waals surface area (Å²) in [6, 6.07) is 9.44. The Bertz CT molecular complexity index is 939. The molecule has 9 heteroatoms. The number of aromatic nitrogens is 3. The first-order valence-corrected chi connectivity index (χ1v) is 8.03. The quantitative estimate of drug-likeness (QED) is 0.788. The van der Waals surface area contributed by atoms with E-state index in [1.165, 1.54) is 29.7 Å². The van der Waals surface area contributed by atoms with Crippen LogP contribution in [0.1, 0.15) is 0 Å². The van der Waals surface area contributed by atoms with Crippen molar-refractivity contribution in [1.29, 1.82) is 0 Å². The van der Waals surface area contributed by atoms with E-state index in [1.54, 1.807) is 24.4 Å². The second-order valence-electron chi connectivity index (χ2n) is 4.35. The third-order valence-electron chi connectivity index (χ3n) is 2.97. The molecule has 0 amide bonds. The van der Waals surface area contributed by atoms with Gasteiger partial charge in [-0.2, -0.15) is 0 Å². The average molecular weight is 339 g/mol. The molecule has 0 atom stereocenters. The summed E-state index contributed by atoms with van der Waals surface area (Å²) in [7, 11) is -2.38. The highest BCUT2D eigenvalue weighted by atomic mass is 35.5. The minimum absolute atomic E-state index is 0.00554. The molecule has 2 aromatic heterocycles. The Morgan fingerprint density at radius 3 is 2.77 bits per heavy atom. The lowest BCUT2D eigenvalue weighted by molar-refractivity contribution is 0.414. The summed E-state index contributed by atoms with van der Waals surface area (Å²) in [5.41, 5.74) is 0.535. The van der Waals surface area contributed by atoms with Crippen molar-refractivity contribution in [2.75, 3.05) is 11.8 Å². The number of ether oxygens (including phenoxy) is 1. The molecule has 0 aliphatic rings. The van der Waals surface area contributed by atoms with E-state index < -0.39 is 10.0 Å². The van der Waals surface area contributed by atoms with Gasteiger partial charge in [0.15, 0.2) is 5.65 Å². The number of halogens is 1. The van der Waals surface area contributed by atoms with Crippen LogP contribution in [0.3, 0.4) is 0 Å². The van der Waals surface area contributed by atoms with Crippen molar-refractivity contribution < 1.29 is 13.2 Å². The molecule has 114 valence electrons. The van der Waals surface area contributed by atoms with Gasteiger partial charge in [-0.3, -0.25) is 4.40 Å². The maximum Gasteiger partial charge on any atom is 0.264 e. The zero-order valence-corrected chi connectivity index (χ0v) is 13.0. The van der Waals surface area contributed by atoms with Crippen LogP contribution in [0.4, 0.5) is 5.95 Å². The van der Waals surface area contributed by atoms with Crippen LogP contribution in [-0.2, 0) is 10.0 Å². The van der Waals surface area contributed by atoms with E-state index in [4.69, 9.17) is 16.3 Å².